The van der Waals surface area contributed by atoms with Gasteiger partial charge in [0.25, 0.3) is 0 Å². The molecule has 1 saturated heterocycles. The fraction of sp³-hybridized carbons (Fsp3) is 0.647. The Bertz CT molecular complexity index is 435. The SMILES string of the molecule is COc1cc2c(cc1CC1CCNCC1)CCCC2. The number of piperidine rings is 1. The molecule has 0 unspecified atom stereocenters. The predicted octanol–water partition coefficient (Wildman–Crippen LogP) is 3.12. The molecule has 2 nitrogen and oxygen atoms in total. The van der Waals surface area contributed by atoms with Gasteiger partial charge in [-0.3, -0.25) is 0 Å². The van der Waals surface area contributed by atoms with Crippen LogP contribution < -0.4 is 10.1 Å². The first-order chi connectivity index (χ1) is 9.36. The first-order valence-electron chi connectivity index (χ1n) is 7.76. The third-order valence-electron chi connectivity index (χ3n) is 4.71. The fourth-order valence-electron chi connectivity index (χ4n) is 3.56. The van der Waals surface area contributed by atoms with Crippen molar-refractivity contribution in [2.24, 2.45) is 5.92 Å². The highest BCUT2D eigenvalue weighted by molar-refractivity contribution is 5.44. The second-order valence-electron chi connectivity index (χ2n) is 6.04. The Morgan fingerprint density at radius 3 is 2.47 bits per heavy atom. The van der Waals surface area contributed by atoms with E-state index >= 15 is 0 Å². The van der Waals surface area contributed by atoms with Crippen molar-refractivity contribution in [1.29, 1.82) is 0 Å². The van der Waals surface area contributed by atoms with Crippen LogP contribution in [0.5, 0.6) is 5.75 Å². The second kappa shape index (κ2) is 5.96. The summed E-state index contributed by atoms with van der Waals surface area (Å²) in [6.07, 6.45) is 8.99. The lowest BCUT2D eigenvalue weighted by Gasteiger charge is -2.25. The minimum atomic E-state index is 0.830. The number of aryl methyl sites for hydroxylation is 2. The van der Waals surface area contributed by atoms with Gasteiger partial charge in [0, 0.05) is 0 Å². The van der Waals surface area contributed by atoms with Gasteiger partial charge in [0.2, 0.25) is 0 Å². The van der Waals surface area contributed by atoms with Crippen molar-refractivity contribution in [2.75, 3.05) is 20.2 Å². The van der Waals surface area contributed by atoms with Gasteiger partial charge in [0.05, 0.1) is 7.11 Å². The van der Waals surface area contributed by atoms with Crippen LogP contribution in [0.4, 0.5) is 0 Å². The molecule has 104 valence electrons. The van der Waals surface area contributed by atoms with Crippen LogP contribution in [0.2, 0.25) is 0 Å². The topological polar surface area (TPSA) is 21.3 Å². The van der Waals surface area contributed by atoms with E-state index < -0.39 is 0 Å². The minimum absolute atomic E-state index is 0.830. The van der Waals surface area contributed by atoms with Crippen molar-refractivity contribution >= 4 is 0 Å². The summed E-state index contributed by atoms with van der Waals surface area (Å²) in [5.41, 5.74) is 4.54. The molecule has 1 aliphatic carbocycles. The van der Waals surface area contributed by atoms with E-state index in [9.17, 15) is 0 Å². The van der Waals surface area contributed by atoms with Gasteiger partial charge in [-0.15, -0.1) is 0 Å². The number of rotatable bonds is 3. The second-order valence-corrected chi connectivity index (χ2v) is 6.04. The number of nitrogens with one attached hydrogen (secondary N) is 1. The van der Waals surface area contributed by atoms with Crippen LogP contribution in [0.25, 0.3) is 0 Å². The standard InChI is InChI=1S/C17H25NO/c1-19-17-12-15-5-3-2-4-14(15)11-16(17)10-13-6-8-18-9-7-13/h11-13,18H,2-10H2,1H3. The molecule has 2 aliphatic rings. The van der Waals surface area contributed by atoms with Gasteiger partial charge in [-0.05, 0) is 86.7 Å². The van der Waals surface area contributed by atoms with Gasteiger partial charge in [-0.25, -0.2) is 0 Å². The predicted molar refractivity (Wildman–Crippen MR) is 78.9 cm³/mol. The summed E-state index contributed by atoms with van der Waals surface area (Å²) < 4.78 is 5.64. The molecule has 19 heavy (non-hydrogen) atoms. The summed E-state index contributed by atoms with van der Waals surface area (Å²) in [7, 11) is 1.82. The molecule has 1 fully saturated rings. The highest BCUT2D eigenvalue weighted by Gasteiger charge is 2.18. The van der Waals surface area contributed by atoms with E-state index in [1.54, 1.807) is 5.56 Å². The van der Waals surface area contributed by atoms with Crippen molar-refractivity contribution in [1.82, 2.24) is 5.32 Å². The maximum atomic E-state index is 5.64. The van der Waals surface area contributed by atoms with Crippen LogP contribution in [0.3, 0.4) is 0 Å². The fourth-order valence-corrected chi connectivity index (χ4v) is 3.56. The molecule has 0 aromatic heterocycles. The van der Waals surface area contributed by atoms with Crippen molar-refractivity contribution in [3.63, 3.8) is 0 Å². The number of hydrogen-bond acceptors (Lipinski definition) is 2. The van der Waals surface area contributed by atoms with Gasteiger partial charge in [0.1, 0.15) is 5.75 Å². The summed E-state index contributed by atoms with van der Waals surface area (Å²) in [5.74, 6) is 1.95. The Kier molecular flexibility index (Phi) is 4.07. The summed E-state index contributed by atoms with van der Waals surface area (Å²) in [4.78, 5) is 0. The molecule has 3 rings (SSSR count). The van der Waals surface area contributed by atoms with Crippen molar-refractivity contribution in [2.45, 2.75) is 44.9 Å². The van der Waals surface area contributed by atoms with Gasteiger partial charge in [-0.1, -0.05) is 6.07 Å². The number of benzene rings is 1. The Morgan fingerprint density at radius 1 is 1.11 bits per heavy atom. The molecule has 1 aliphatic heterocycles. The van der Waals surface area contributed by atoms with Crippen molar-refractivity contribution < 1.29 is 4.74 Å². The van der Waals surface area contributed by atoms with Gasteiger partial charge in [0.15, 0.2) is 0 Å². The zero-order valence-electron chi connectivity index (χ0n) is 12.0. The van der Waals surface area contributed by atoms with Crippen LogP contribution in [0, 0.1) is 5.92 Å². The largest absolute Gasteiger partial charge is 0.496 e. The highest BCUT2D eigenvalue weighted by atomic mass is 16.5. The molecule has 0 saturated carbocycles. The van der Waals surface area contributed by atoms with Crippen LogP contribution >= 0.6 is 0 Å². The Balaban J connectivity index is 1.82. The van der Waals surface area contributed by atoms with E-state index in [1.807, 2.05) is 7.11 Å². The number of methoxy groups -OCH3 is 1. The van der Waals surface area contributed by atoms with Gasteiger partial charge < -0.3 is 10.1 Å². The van der Waals surface area contributed by atoms with E-state index in [2.05, 4.69) is 17.4 Å². The maximum Gasteiger partial charge on any atom is 0.122 e. The van der Waals surface area contributed by atoms with Gasteiger partial charge >= 0.3 is 0 Å². The van der Waals surface area contributed by atoms with Crippen LogP contribution in [-0.4, -0.2) is 20.2 Å². The molecule has 0 bridgehead atoms. The molecule has 1 heterocycles. The van der Waals surface area contributed by atoms with Crippen molar-refractivity contribution in [3.05, 3.63) is 28.8 Å². The summed E-state index contributed by atoms with van der Waals surface area (Å²) in [6.45, 7) is 2.36. The van der Waals surface area contributed by atoms with E-state index in [1.165, 1.54) is 69.2 Å². The molecule has 1 aromatic rings. The van der Waals surface area contributed by atoms with E-state index in [0.29, 0.717) is 0 Å². The van der Waals surface area contributed by atoms with Crippen molar-refractivity contribution in [3.8, 4) is 5.75 Å². The molecule has 1 N–H and O–H groups in total. The van der Waals surface area contributed by atoms with Gasteiger partial charge in [-0.2, -0.15) is 0 Å². The quantitative estimate of drug-likeness (QED) is 0.900. The lowest BCUT2D eigenvalue weighted by Crippen LogP contribution is -2.28. The Hall–Kier alpha value is -1.02. The van der Waals surface area contributed by atoms with Crippen LogP contribution in [0.15, 0.2) is 12.1 Å². The van der Waals surface area contributed by atoms with E-state index in [0.717, 1.165) is 11.7 Å². The summed E-state index contributed by atoms with van der Waals surface area (Å²) in [5, 5.41) is 3.45. The smallest absolute Gasteiger partial charge is 0.122 e. The number of fused-ring (bicyclic) bond motifs is 1. The molecule has 0 spiro atoms. The average Bonchev–Trinajstić information content (AvgIpc) is 2.47. The van der Waals surface area contributed by atoms with E-state index in [-0.39, 0.29) is 0 Å². The molecule has 0 amide bonds. The molecule has 0 atom stereocenters. The third-order valence-corrected chi connectivity index (χ3v) is 4.71. The molecular weight excluding hydrogens is 234 g/mol. The minimum Gasteiger partial charge on any atom is -0.496 e. The zero-order chi connectivity index (χ0) is 13.1. The zero-order valence-corrected chi connectivity index (χ0v) is 12.0. The normalized spacial score (nSPS) is 20.1. The Morgan fingerprint density at radius 2 is 1.79 bits per heavy atom. The number of ether oxygens (including phenoxy) is 1. The molecule has 1 aromatic carbocycles. The van der Waals surface area contributed by atoms with Crippen LogP contribution in [-0.2, 0) is 19.3 Å². The summed E-state index contributed by atoms with van der Waals surface area (Å²) in [6, 6.07) is 4.75. The maximum absolute atomic E-state index is 5.64. The lowest BCUT2D eigenvalue weighted by molar-refractivity contribution is 0.360. The van der Waals surface area contributed by atoms with E-state index in [4.69, 9.17) is 4.74 Å². The third kappa shape index (κ3) is 2.94. The highest BCUT2D eigenvalue weighted by Crippen LogP contribution is 2.31. The number of hydrogen-bond donors (Lipinski definition) is 1. The molecular formula is C17H25NO. The first-order valence-corrected chi connectivity index (χ1v) is 7.76. The Labute approximate surface area is 116 Å². The first kappa shape index (κ1) is 13.0. The average molecular weight is 259 g/mol. The molecule has 0 radical (unpaired) electrons. The molecule has 2 heteroatoms. The monoisotopic (exact) mass is 259 g/mol. The van der Waals surface area contributed by atoms with Crippen LogP contribution in [0.1, 0.15) is 42.4 Å². The lowest BCUT2D eigenvalue weighted by atomic mass is 9.86. The summed E-state index contributed by atoms with van der Waals surface area (Å²) >= 11 is 0.